The Labute approximate surface area is 116 Å². The number of hydrogen-bond donors (Lipinski definition) is 1. The molecule has 0 aliphatic rings. The minimum absolute atomic E-state index is 0.553. The number of benzene rings is 1. The van der Waals surface area contributed by atoms with Gasteiger partial charge in [-0.05, 0) is 34.7 Å². The van der Waals surface area contributed by atoms with Gasteiger partial charge in [0.25, 0.3) is 0 Å². The van der Waals surface area contributed by atoms with Gasteiger partial charge in [-0.25, -0.2) is 0 Å². The van der Waals surface area contributed by atoms with Gasteiger partial charge in [0.2, 0.25) is 0 Å². The smallest absolute Gasteiger partial charge is 0.0639 e. The van der Waals surface area contributed by atoms with E-state index < -0.39 is 0 Å². The lowest BCUT2D eigenvalue weighted by Crippen LogP contribution is -2.00. The Kier molecular flexibility index (Phi) is 3.23. The van der Waals surface area contributed by atoms with Crippen LogP contribution in [0.3, 0.4) is 0 Å². The van der Waals surface area contributed by atoms with Gasteiger partial charge in [0, 0.05) is 37.2 Å². The van der Waals surface area contributed by atoms with Gasteiger partial charge in [0.15, 0.2) is 0 Å². The number of rotatable bonds is 3. The summed E-state index contributed by atoms with van der Waals surface area (Å²) in [4.78, 5) is 4.01. The van der Waals surface area contributed by atoms with E-state index in [0.29, 0.717) is 11.6 Å². The Hall–Kier alpha value is -1.84. The van der Waals surface area contributed by atoms with Gasteiger partial charge in [0.05, 0.1) is 5.02 Å². The normalized spacial score (nSPS) is 11.1. The lowest BCUT2D eigenvalue weighted by atomic mass is 10.1. The Bertz CT molecular complexity index is 718. The van der Waals surface area contributed by atoms with Crippen molar-refractivity contribution in [2.75, 3.05) is 0 Å². The molecule has 4 heteroatoms. The fourth-order valence-electron chi connectivity index (χ4n) is 2.21. The molecule has 0 atom stereocenters. The van der Waals surface area contributed by atoms with Gasteiger partial charge in [0.1, 0.15) is 0 Å². The number of nitrogens with zero attached hydrogens (tertiary/aromatic N) is 2. The molecule has 0 amide bonds. The molecule has 1 aromatic carbocycles. The molecule has 19 heavy (non-hydrogen) atoms. The van der Waals surface area contributed by atoms with Crippen molar-refractivity contribution in [2.24, 2.45) is 5.73 Å². The molecule has 0 saturated heterocycles. The summed E-state index contributed by atoms with van der Waals surface area (Å²) in [5, 5.41) is 1.90. The van der Waals surface area contributed by atoms with Crippen LogP contribution in [0, 0.1) is 0 Å². The number of nitrogens with two attached hydrogens (primary N) is 1. The molecule has 0 saturated carbocycles. The standard InChI is InChI=1S/C15H14ClN3/c16-14-9-18-5-3-13(14)10-19-6-4-12-2-1-11(8-17)7-15(12)19/h1-7,9H,8,10,17H2. The van der Waals surface area contributed by atoms with Gasteiger partial charge in [-0.3, -0.25) is 4.98 Å². The molecule has 0 fully saturated rings. The van der Waals surface area contributed by atoms with Crippen molar-refractivity contribution in [2.45, 2.75) is 13.1 Å². The van der Waals surface area contributed by atoms with E-state index in [2.05, 4.69) is 40.0 Å². The van der Waals surface area contributed by atoms with Crippen LogP contribution in [0.2, 0.25) is 5.02 Å². The summed E-state index contributed by atoms with van der Waals surface area (Å²) in [5.74, 6) is 0. The second kappa shape index (κ2) is 5.03. The lowest BCUT2D eigenvalue weighted by molar-refractivity contribution is 0.834. The fourth-order valence-corrected chi connectivity index (χ4v) is 2.39. The summed E-state index contributed by atoms with van der Waals surface area (Å²) in [5.41, 5.74) is 9.07. The number of fused-ring (bicyclic) bond motifs is 1. The third-order valence-electron chi connectivity index (χ3n) is 3.27. The maximum atomic E-state index is 6.16. The van der Waals surface area contributed by atoms with Crippen LogP contribution in [0.4, 0.5) is 0 Å². The van der Waals surface area contributed by atoms with Crippen LogP contribution in [-0.2, 0) is 13.1 Å². The highest BCUT2D eigenvalue weighted by molar-refractivity contribution is 6.31. The summed E-state index contributed by atoms with van der Waals surface area (Å²) in [6, 6.07) is 10.3. The van der Waals surface area contributed by atoms with E-state index in [9.17, 15) is 0 Å². The van der Waals surface area contributed by atoms with Crippen LogP contribution < -0.4 is 5.73 Å². The van der Waals surface area contributed by atoms with Gasteiger partial charge < -0.3 is 10.3 Å². The number of pyridine rings is 1. The average molecular weight is 272 g/mol. The second-order valence-corrected chi connectivity index (χ2v) is 4.92. The number of hydrogen-bond acceptors (Lipinski definition) is 2. The van der Waals surface area contributed by atoms with E-state index >= 15 is 0 Å². The van der Waals surface area contributed by atoms with E-state index in [1.807, 2.05) is 6.07 Å². The Morgan fingerprint density at radius 1 is 1.21 bits per heavy atom. The first kappa shape index (κ1) is 12.2. The predicted octanol–water partition coefficient (Wildman–Crippen LogP) is 3.20. The summed E-state index contributed by atoms with van der Waals surface area (Å²) < 4.78 is 2.18. The van der Waals surface area contributed by atoms with Crippen molar-refractivity contribution in [3.8, 4) is 0 Å². The van der Waals surface area contributed by atoms with Crippen molar-refractivity contribution < 1.29 is 0 Å². The van der Waals surface area contributed by atoms with E-state index in [0.717, 1.165) is 17.7 Å². The lowest BCUT2D eigenvalue weighted by Gasteiger charge is -2.08. The molecule has 2 aromatic heterocycles. The molecule has 0 aliphatic carbocycles. The predicted molar refractivity (Wildman–Crippen MR) is 78.2 cm³/mol. The van der Waals surface area contributed by atoms with Crippen LogP contribution in [0.25, 0.3) is 10.9 Å². The first-order chi connectivity index (χ1) is 9.28. The van der Waals surface area contributed by atoms with Gasteiger partial charge in [-0.1, -0.05) is 23.7 Å². The molecule has 0 bridgehead atoms. The largest absolute Gasteiger partial charge is 0.343 e. The molecule has 2 heterocycles. The van der Waals surface area contributed by atoms with Crippen LogP contribution in [-0.4, -0.2) is 9.55 Å². The van der Waals surface area contributed by atoms with Gasteiger partial charge >= 0.3 is 0 Å². The van der Waals surface area contributed by atoms with Crippen LogP contribution >= 0.6 is 11.6 Å². The molecular formula is C15H14ClN3. The molecule has 3 aromatic rings. The summed E-state index contributed by atoms with van der Waals surface area (Å²) in [7, 11) is 0. The van der Waals surface area contributed by atoms with Gasteiger partial charge in [-0.2, -0.15) is 0 Å². The molecule has 3 nitrogen and oxygen atoms in total. The zero-order valence-corrected chi connectivity index (χ0v) is 11.1. The first-order valence-electron chi connectivity index (χ1n) is 6.14. The third-order valence-corrected chi connectivity index (χ3v) is 3.61. The van der Waals surface area contributed by atoms with Crippen molar-refractivity contribution in [1.29, 1.82) is 0 Å². The molecule has 0 spiro atoms. The summed E-state index contributed by atoms with van der Waals surface area (Å²) in [6.07, 6.45) is 5.51. The molecular weight excluding hydrogens is 258 g/mol. The minimum atomic E-state index is 0.553. The Morgan fingerprint density at radius 2 is 2.11 bits per heavy atom. The van der Waals surface area contributed by atoms with Crippen molar-refractivity contribution >= 4 is 22.5 Å². The molecule has 0 unspecified atom stereocenters. The third kappa shape index (κ3) is 2.35. The molecule has 96 valence electrons. The minimum Gasteiger partial charge on any atom is -0.343 e. The van der Waals surface area contributed by atoms with Crippen LogP contribution in [0.1, 0.15) is 11.1 Å². The molecule has 0 radical (unpaired) electrons. The van der Waals surface area contributed by atoms with E-state index in [1.165, 1.54) is 10.9 Å². The van der Waals surface area contributed by atoms with E-state index in [4.69, 9.17) is 17.3 Å². The first-order valence-corrected chi connectivity index (χ1v) is 6.52. The Balaban J connectivity index is 2.03. The maximum absolute atomic E-state index is 6.16. The van der Waals surface area contributed by atoms with E-state index in [1.54, 1.807) is 12.4 Å². The zero-order valence-electron chi connectivity index (χ0n) is 10.4. The van der Waals surface area contributed by atoms with Crippen molar-refractivity contribution in [3.05, 3.63) is 65.1 Å². The molecule has 3 rings (SSSR count). The monoisotopic (exact) mass is 271 g/mol. The molecule has 2 N–H and O–H groups in total. The van der Waals surface area contributed by atoms with Gasteiger partial charge in [-0.15, -0.1) is 0 Å². The highest BCUT2D eigenvalue weighted by atomic mass is 35.5. The topological polar surface area (TPSA) is 43.8 Å². The quantitative estimate of drug-likeness (QED) is 0.795. The number of aromatic nitrogens is 2. The highest BCUT2D eigenvalue weighted by Gasteiger charge is 2.05. The highest BCUT2D eigenvalue weighted by Crippen LogP contribution is 2.21. The second-order valence-electron chi connectivity index (χ2n) is 4.51. The van der Waals surface area contributed by atoms with Crippen LogP contribution in [0.15, 0.2) is 48.9 Å². The molecule has 0 aliphatic heterocycles. The van der Waals surface area contributed by atoms with Crippen molar-refractivity contribution in [3.63, 3.8) is 0 Å². The maximum Gasteiger partial charge on any atom is 0.0639 e. The van der Waals surface area contributed by atoms with E-state index in [-0.39, 0.29) is 0 Å². The summed E-state index contributed by atoms with van der Waals surface area (Å²) in [6.45, 7) is 1.29. The Morgan fingerprint density at radius 3 is 2.89 bits per heavy atom. The SMILES string of the molecule is NCc1ccc2ccn(Cc3ccncc3Cl)c2c1. The fraction of sp³-hybridized carbons (Fsp3) is 0.133. The van der Waals surface area contributed by atoms with Crippen molar-refractivity contribution in [1.82, 2.24) is 9.55 Å². The number of halogens is 1. The average Bonchev–Trinajstić information content (AvgIpc) is 2.84. The zero-order chi connectivity index (χ0) is 13.2. The summed E-state index contributed by atoms with van der Waals surface area (Å²) >= 11 is 6.16. The van der Waals surface area contributed by atoms with Crippen LogP contribution in [0.5, 0.6) is 0 Å².